The van der Waals surface area contributed by atoms with E-state index in [1.165, 1.54) is 17.7 Å². The highest BCUT2D eigenvalue weighted by atomic mass is 16.5. The monoisotopic (exact) mass is 290 g/mol. The Balaban J connectivity index is 1.69. The zero-order chi connectivity index (χ0) is 15.1. The quantitative estimate of drug-likeness (QED) is 0.835. The van der Waals surface area contributed by atoms with Gasteiger partial charge in [0.2, 0.25) is 0 Å². The zero-order valence-electron chi connectivity index (χ0n) is 13.8. The molecule has 21 heavy (non-hydrogen) atoms. The van der Waals surface area contributed by atoms with Gasteiger partial charge in [0.05, 0.1) is 12.7 Å². The lowest BCUT2D eigenvalue weighted by Crippen LogP contribution is -2.47. The van der Waals surface area contributed by atoms with Crippen molar-refractivity contribution < 1.29 is 4.74 Å². The summed E-state index contributed by atoms with van der Waals surface area (Å²) in [5.74, 6) is 0.730. The second-order valence-electron chi connectivity index (χ2n) is 6.45. The van der Waals surface area contributed by atoms with Gasteiger partial charge in [-0.05, 0) is 23.5 Å². The first kappa shape index (κ1) is 16.5. The van der Waals surface area contributed by atoms with Crippen molar-refractivity contribution in [1.29, 1.82) is 0 Å². The van der Waals surface area contributed by atoms with Crippen LogP contribution in [0.4, 0.5) is 0 Å². The molecule has 0 aliphatic carbocycles. The Morgan fingerprint density at radius 3 is 2.62 bits per heavy atom. The molecule has 1 aromatic carbocycles. The molecule has 0 radical (unpaired) electrons. The maximum Gasteiger partial charge on any atom is 0.0826 e. The normalized spacial score (nSPS) is 20.1. The van der Waals surface area contributed by atoms with Crippen LogP contribution in [0.2, 0.25) is 0 Å². The Kier molecular flexibility index (Phi) is 6.68. The molecule has 0 spiro atoms. The van der Waals surface area contributed by atoms with Gasteiger partial charge in [-0.3, -0.25) is 4.90 Å². The van der Waals surface area contributed by atoms with Crippen molar-refractivity contribution in [2.24, 2.45) is 5.92 Å². The van der Waals surface area contributed by atoms with Crippen LogP contribution >= 0.6 is 0 Å². The third-order valence-corrected chi connectivity index (χ3v) is 3.98. The highest BCUT2D eigenvalue weighted by molar-refractivity contribution is 5.22. The van der Waals surface area contributed by atoms with Gasteiger partial charge in [-0.2, -0.15) is 0 Å². The number of morpholine rings is 1. The molecule has 0 bridgehead atoms. The molecular weight excluding hydrogens is 260 g/mol. The van der Waals surface area contributed by atoms with E-state index in [1.54, 1.807) is 0 Å². The topological polar surface area (TPSA) is 24.5 Å². The highest BCUT2D eigenvalue weighted by Crippen LogP contribution is 2.08. The van der Waals surface area contributed by atoms with E-state index >= 15 is 0 Å². The number of rotatable bonds is 7. The van der Waals surface area contributed by atoms with Crippen LogP contribution in [0.5, 0.6) is 0 Å². The minimum absolute atomic E-state index is 0.326. The molecule has 1 saturated heterocycles. The molecule has 1 aliphatic heterocycles. The van der Waals surface area contributed by atoms with Gasteiger partial charge in [0.25, 0.3) is 0 Å². The fourth-order valence-electron chi connectivity index (χ4n) is 2.86. The van der Waals surface area contributed by atoms with Crippen molar-refractivity contribution in [3.63, 3.8) is 0 Å². The average Bonchev–Trinajstić information content (AvgIpc) is 2.48. The number of benzene rings is 1. The standard InChI is InChI=1S/C18H30N2O/c1-4-16-5-7-17(8-6-16)11-19-12-18-14-20(9-10-21-18)13-15(2)3/h5-8,15,18-19H,4,9-14H2,1-3H3. The smallest absolute Gasteiger partial charge is 0.0826 e. The lowest BCUT2D eigenvalue weighted by Gasteiger charge is -2.34. The van der Waals surface area contributed by atoms with Gasteiger partial charge in [-0.25, -0.2) is 0 Å². The lowest BCUT2D eigenvalue weighted by molar-refractivity contribution is -0.0303. The van der Waals surface area contributed by atoms with Gasteiger partial charge >= 0.3 is 0 Å². The first-order chi connectivity index (χ1) is 10.2. The van der Waals surface area contributed by atoms with E-state index in [0.717, 1.165) is 45.1 Å². The van der Waals surface area contributed by atoms with Crippen LogP contribution in [0.3, 0.4) is 0 Å². The van der Waals surface area contributed by atoms with Gasteiger partial charge in [0.1, 0.15) is 0 Å². The molecule has 3 heteroatoms. The summed E-state index contributed by atoms with van der Waals surface area (Å²) in [7, 11) is 0. The Morgan fingerprint density at radius 2 is 1.95 bits per heavy atom. The van der Waals surface area contributed by atoms with Crippen molar-refractivity contribution in [3.05, 3.63) is 35.4 Å². The third kappa shape index (κ3) is 5.77. The van der Waals surface area contributed by atoms with Crippen LogP contribution in [0.1, 0.15) is 31.9 Å². The van der Waals surface area contributed by atoms with E-state index in [4.69, 9.17) is 4.74 Å². The van der Waals surface area contributed by atoms with Gasteiger partial charge in [-0.15, -0.1) is 0 Å². The number of nitrogens with zero attached hydrogens (tertiary/aromatic N) is 1. The number of ether oxygens (including phenoxy) is 1. The molecule has 1 aromatic rings. The van der Waals surface area contributed by atoms with Crippen molar-refractivity contribution in [2.45, 2.75) is 39.8 Å². The maximum absolute atomic E-state index is 5.86. The van der Waals surface area contributed by atoms with E-state index in [0.29, 0.717) is 6.10 Å². The van der Waals surface area contributed by atoms with Gasteiger partial charge in [0, 0.05) is 32.7 Å². The van der Waals surface area contributed by atoms with Crippen LogP contribution in [-0.2, 0) is 17.7 Å². The van der Waals surface area contributed by atoms with Crippen molar-refractivity contribution in [2.75, 3.05) is 32.8 Å². The van der Waals surface area contributed by atoms with Crippen LogP contribution in [0.15, 0.2) is 24.3 Å². The summed E-state index contributed by atoms with van der Waals surface area (Å²) in [4.78, 5) is 2.52. The second-order valence-corrected chi connectivity index (χ2v) is 6.45. The van der Waals surface area contributed by atoms with E-state index in [9.17, 15) is 0 Å². The average molecular weight is 290 g/mol. The summed E-state index contributed by atoms with van der Waals surface area (Å²) in [5.41, 5.74) is 2.75. The summed E-state index contributed by atoms with van der Waals surface area (Å²) in [5, 5.41) is 3.53. The van der Waals surface area contributed by atoms with Gasteiger partial charge < -0.3 is 10.1 Å². The molecule has 1 aliphatic rings. The van der Waals surface area contributed by atoms with Crippen molar-refractivity contribution >= 4 is 0 Å². The molecule has 1 unspecified atom stereocenters. The van der Waals surface area contributed by atoms with E-state index in [-0.39, 0.29) is 0 Å². The molecule has 0 saturated carbocycles. The molecule has 118 valence electrons. The van der Waals surface area contributed by atoms with Crippen LogP contribution in [0.25, 0.3) is 0 Å². The number of hydrogen-bond donors (Lipinski definition) is 1. The van der Waals surface area contributed by atoms with Gasteiger partial charge in [-0.1, -0.05) is 45.0 Å². The minimum Gasteiger partial charge on any atom is -0.374 e. The summed E-state index contributed by atoms with van der Waals surface area (Å²) < 4.78 is 5.86. The molecular formula is C18H30N2O. The summed E-state index contributed by atoms with van der Waals surface area (Å²) >= 11 is 0. The van der Waals surface area contributed by atoms with Crippen LogP contribution in [-0.4, -0.2) is 43.8 Å². The maximum atomic E-state index is 5.86. The minimum atomic E-state index is 0.326. The predicted octanol–water partition coefficient (Wildman–Crippen LogP) is 2.70. The summed E-state index contributed by atoms with van der Waals surface area (Å²) in [6.07, 6.45) is 1.43. The first-order valence-corrected chi connectivity index (χ1v) is 8.30. The summed E-state index contributed by atoms with van der Waals surface area (Å²) in [6.45, 7) is 12.8. The molecule has 1 atom stereocenters. The molecule has 2 rings (SSSR count). The van der Waals surface area contributed by atoms with Gasteiger partial charge in [0.15, 0.2) is 0 Å². The van der Waals surface area contributed by atoms with Crippen molar-refractivity contribution in [1.82, 2.24) is 10.2 Å². The fraction of sp³-hybridized carbons (Fsp3) is 0.667. The van der Waals surface area contributed by atoms with E-state index in [1.807, 2.05) is 0 Å². The second kappa shape index (κ2) is 8.52. The highest BCUT2D eigenvalue weighted by Gasteiger charge is 2.20. The zero-order valence-corrected chi connectivity index (χ0v) is 13.8. The molecule has 0 amide bonds. The van der Waals surface area contributed by atoms with Crippen molar-refractivity contribution in [3.8, 4) is 0 Å². The molecule has 1 N–H and O–H groups in total. The first-order valence-electron chi connectivity index (χ1n) is 8.30. The molecule has 3 nitrogen and oxygen atoms in total. The molecule has 1 fully saturated rings. The van der Waals surface area contributed by atoms with Crippen LogP contribution in [0, 0.1) is 5.92 Å². The summed E-state index contributed by atoms with van der Waals surface area (Å²) in [6, 6.07) is 8.88. The molecule has 0 aromatic heterocycles. The number of nitrogens with one attached hydrogen (secondary N) is 1. The lowest BCUT2D eigenvalue weighted by atomic mass is 10.1. The van der Waals surface area contributed by atoms with E-state index < -0.39 is 0 Å². The third-order valence-electron chi connectivity index (χ3n) is 3.98. The van der Waals surface area contributed by atoms with E-state index in [2.05, 4.69) is 55.3 Å². The molecule has 1 heterocycles. The SMILES string of the molecule is CCc1ccc(CNCC2CN(CC(C)C)CCO2)cc1. The van der Waals surface area contributed by atoms with Crippen LogP contribution < -0.4 is 5.32 Å². The Morgan fingerprint density at radius 1 is 1.24 bits per heavy atom. The largest absolute Gasteiger partial charge is 0.374 e. The number of aryl methyl sites for hydroxylation is 1. The number of hydrogen-bond acceptors (Lipinski definition) is 3. The Bertz CT molecular complexity index is 402. The predicted molar refractivity (Wildman–Crippen MR) is 88.5 cm³/mol. The fourth-order valence-corrected chi connectivity index (χ4v) is 2.86. The Labute approximate surface area is 129 Å². The Hall–Kier alpha value is -0.900.